The highest BCUT2D eigenvalue weighted by Crippen LogP contribution is 2.29. The van der Waals surface area contributed by atoms with Gasteiger partial charge in [-0.3, -0.25) is 4.79 Å². The summed E-state index contributed by atoms with van der Waals surface area (Å²) in [4.78, 5) is 22.5. The summed E-state index contributed by atoms with van der Waals surface area (Å²) in [6.07, 6.45) is 0.933. The van der Waals surface area contributed by atoms with Crippen molar-refractivity contribution in [2.75, 3.05) is 20.2 Å². The Morgan fingerprint density at radius 1 is 1.48 bits per heavy atom. The number of methoxy groups -OCH3 is 1. The molecule has 0 spiro atoms. The number of carbonyl (C=O) groups is 2. The highest BCUT2D eigenvalue weighted by atomic mass is 32.2. The number of aliphatic carboxylic acids is 1. The number of carbonyl (C=O) groups excluding carboxylic acids is 1. The van der Waals surface area contributed by atoms with E-state index in [4.69, 9.17) is 5.11 Å². The van der Waals surface area contributed by atoms with Crippen LogP contribution in [0.3, 0.4) is 0 Å². The quantitative estimate of drug-likeness (QED) is 0.826. The summed E-state index contributed by atoms with van der Waals surface area (Å²) in [6.45, 7) is 0.177. The number of piperidine rings is 1. The molecule has 1 fully saturated rings. The van der Waals surface area contributed by atoms with Gasteiger partial charge < -0.3 is 9.84 Å². The first-order valence-corrected chi connectivity index (χ1v) is 8.58. The summed E-state index contributed by atoms with van der Waals surface area (Å²) >= 11 is 0.984. The van der Waals surface area contributed by atoms with Crippen LogP contribution < -0.4 is 0 Å². The second-order valence-electron chi connectivity index (χ2n) is 4.65. The average molecular weight is 333 g/mol. The molecule has 0 bridgehead atoms. The van der Waals surface area contributed by atoms with Crippen molar-refractivity contribution >= 4 is 33.3 Å². The van der Waals surface area contributed by atoms with Gasteiger partial charge in [0.25, 0.3) is 0 Å². The van der Waals surface area contributed by atoms with E-state index in [1.54, 1.807) is 0 Å². The third-order valence-electron chi connectivity index (χ3n) is 3.35. The molecule has 1 saturated heterocycles. The minimum Gasteiger partial charge on any atom is -0.481 e. The van der Waals surface area contributed by atoms with E-state index in [1.165, 1.54) is 18.6 Å². The molecule has 21 heavy (non-hydrogen) atoms. The SMILES string of the molecule is COC(=O)c1sccc1S(=O)(=O)N1CCCC(C(=O)O)C1. The smallest absolute Gasteiger partial charge is 0.349 e. The fraction of sp³-hybridized carbons (Fsp3) is 0.500. The Bertz CT molecular complexity index is 650. The van der Waals surface area contributed by atoms with Gasteiger partial charge in [-0.2, -0.15) is 4.31 Å². The number of carboxylic acids is 1. The van der Waals surface area contributed by atoms with E-state index in [1.807, 2.05) is 0 Å². The molecular formula is C12H15NO6S2. The molecule has 1 aromatic rings. The van der Waals surface area contributed by atoms with Crippen LogP contribution in [0.1, 0.15) is 22.5 Å². The van der Waals surface area contributed by atoms with Crippen molar-refractivity contribution in [1.29, 1.82) is 0 Å². The predicted molar refractivity (Wildman–Crippen MR) is 74.8 cm³/mol. The van der Waals surface area contributed by atoms with E-state index < -0.39 is 27.9 Å². The lowest BCUT2D eigenvalue weighted by Crippen LogP contribution is -2.42. The van der Waals surface area contributed by atoms with Crippen LogP contribution in [0.5, 0.6) is 0 Å². The highest BCUT2D eigenvalue weighted by molar-refractivity contribution is 7.89. The number of sulfonamides is 1. The van der Waals surface area contributed by atoms with E-state index in [-0.39, 0.29) is 22.9 Å². The molecule has 2 rings (SSSR count). The van der Waals surface area contributed by atoms with Crippen molar-refractivity contribution in [3.8, 4) is 0 Å². The van der Waals surface area contributed by atoms with Crippen molar-refractivity contribution in [2.24, 2.45) is 5.92 Å². The van der Waals surface area contributed by atoms with E-state index in [2.05, 4.69) is 4.74 Å². The van der Waals surface area contributed by atoms with E-state index in [0.29, 0.717) is 12.8 Å². The van der Waals surface area contributed by atoms with Gasteiger partial charge in [0, 0.05) is 13.1 Å². The first-order valence-electron chi connectivity index (χ1n) is 6.26. The van der Waals surface area contributed by atoms with Crippen LogP contribution in [0.4, 0.5) is 0 Å². The molecule has 1 aromatic heterocycles. The van der Waals surface area contributed by atoms with Crippen LogP contribution in [0, 0.1) is 5.92 Å². The molecule has 0 saturated carbocycles. The Hall–Kier alpha value is -1.45. The molecule has 9 heteroatoms. The van der Waals surface area contributed by atoms with Crippen LogP contribution in [0.25, 0.3) is 0 Å². The lowest BCUT2D eigenvalue weighted by molar-refractivity contribution is -0.142. The Balaban J connectivity index is 2.32. The predicted octanol–water partition coefficient (Wildman–Crippen LogP) is 1.02. The summed E-state index contributed by atoms with van der Waals surface area (Å²) < 4.78 is 30.9. The van der Waals surface area contributed by atoms with Crippen molar-refractivity contribution in [1.82, 2.24) is 4.31 Å². The van der Waals surface area contributed by atoms with Crippen LogP contribution >= 0.6 is 11.3 Å². The fourth-order valence-electron chi connectivity index (χ4n) is 2.24. The van der Waals surface area contributed by atoms with Gasteiger partial charge in [-0.25, -0.2) is 13.2 Å². The monoisotopic (exact) mass is 333 g/mol. The Kier molecular flexibility index (Phi) is 4.64. The summed E-state index contributed by atoms with van der Waals surface area (Å²) in [5, 5.41) is 10.5. The van der Waals surface area contributed by atoms with Crippen LogP contribution in [-0.2, 0) is 19.6 Å². The zero-order valence-corrected chi connectivity index (χ0v) is 12.9. The van der Waals surface area contributed by atoms with Crippen molar-refractivity contribution in [2.45, 2.75) is 17.7 Å². The molecule has 2 heterocycles. The maximum absolute atomic E-state index is 12.6. The number of thiophene rings is 1. The average Bonchev–Trinajstić information content (AvgIpc) is 2.96. The molecule has 116 valence electrons. The minimum atomic E-state index is -3.89. The molecular weight excluding hydrogens is 318 g/mol. The first-order chi connectivity index (χ1) is 9.87. The summed E-state index contributed by atoms with van der Waals surface area (Å²) in [5.74, 6) is -2.43. The van der Waals surface area contributed by atoms with Crippen LogP contribution in [0.15, 0.2) is 16.3 Å². The third kappa shape index (κ3) is 3.09. The topological polar surface area (TPSA) is 101 Å². The van der Waals surface area contributed by atoms with Gasteiger partial charge in [-0.1, -0.05) is 0 Å². The number of esters is 1. The van der Waals surface area contributed by atoms with Crippen LogP contribution in [-0.4, -0.2) is 50.0 Å². The molecule has 0 radical (unpaired) electrons. The van der Waals surface area contributed by atoms with Gasteiger partial charge in [0.2, 0.25) is 10.0 Å². The molecule has 1 aliphatic heterocycles. The largest absolute Gasteiger partial charge is 0.481 e. The van der Waals surface area contributed by atoms with Crippen molar-refractivity contribution in [3.63, 3.8) is 0 Å². The maximum atomic E-state index is 12.6. The van der Waals surface area contributed by atoms with Crippen molar-refractivity contribution in [3.05, 3.63) is 16.3 Å². The third-order valence-corrected chi connectivity index (χ3v) is 6.28. The summed E-state index contributed by atoms with van der Waals surface area (Å²) in [7, 11) is -2.71. The van der Waals surface area contributed by atoms with Gasteiger partial charge in [-0.05, 0) is 24.3 Å². The lowest BCUT2D eigenvalue weighted by atomic mass is 10.0. The second-order valence-corrected chi connectivity index (χ2v) is 7.47. The zero-order valence-electron chi connectivity index (χ0n) is 11.3. The summed E-state index contributed by atoms with van der Waals surface area (Å²) in [5.41, 5.74) is 0. The van der Waals surface area contributed by atoms with Gasteiger partial charge in [0.1, 0.15) is 9.77 Å². The highest BCUT2D eigenvalue weighted by Gasteiger charge is 2.35. The molecule has 1 aliphatic rings. The fourth-order valence-corrected chi connectivity index (χ4v) is 5.08. The summed E-state index contributed by atoms with van der Waals surface area (Å²) in [6, 6.07) is 1.34. The molecule has 1 atom stereocenters. The molecule has 1 N–H and O–H groups in total. The van der Waals surface area contributed by atoms with Gasteiger partial charge in [0.05, 0.1) is 13.0 Å². The van der Waals surface area contributed by atoms with E-state index in [9.17, 15) is 18.0 Å². The van der Waals surface area contributed by atoms with E-state index >= 15 is 0 Å². The second kappa shape index (κ2) is 6.12. The number of carboxylic acid groups (broad SMARTS) is 1. The standard InChI is InChI=1S/C12H15NO6S2/c1-19-12(16)10-9(4-6-20-10)21(17,18)13-5-2-3-8(7-13)11(14)15/h4,6,8H,2-3,5,7H2,1H3,(H,14,15). The minimum absolute atomic E-state index is 0.00921. The number of hydrogen-bond acceptors (Lipinski definition) is 6. The van der Waals surface area contributed by atoms with Gasteiger partial charge in [0.15, 0.2) is 0 Å². The Morgan fingerprint density at radius 3 is 2.81 bits per heavy atom. The normalized spacial score (nSPS) is 20.1. The number of ether oxygens (including phenoxy) is 1. The molecule has 0 aliphatic carbocycles. The van der Waals surface area contributed by atoms with Crippen LogP contribution in [0.2, 0.25) is 0 Å². The van der Waals surface area contributed by atoms with Crippen molar-refractivity contribution < 1.29 is 27.9 Å². The number of hydrogen-bond donors (Lipinski definition) is 1. The number of nitrogens with zero attached hydrogens (tertiary/aromatic N) is 1. The Labute approximate surface area is 126 Å². The number of rotatable bonds is 4. The van der Waals surface area contributed by atoms with E-state index in [0.717, 1.165) is 15.6 Å². The zero-order chi connectivity index (χ0) is 15.6. The molecule has 0 amide bonds. The Morgan fingerprint density at radius 2 is 2.19 bits per heavy atom. The molecule has 0 aromatic carbocycles. The van der Waals surface area contributed by atoms with Gasteiger partial charge >= 0.3 is 11.9 Å². The maximum Gasteiger partial charge on any atom is 0.349 e. The first kappa shape index (κ1) is 15.9. The lowest BCUT2D eigenvalue weighted by Gasteiger charge is -2.29. The molecule has 7 nitrogen and oxygen atoms in total. The van der Waals surface area contributed by atoms with Gasteiger partial charge in [-0.15, -0.1) is 11.3 Å². The molecule has 1 unspecified atom stereocenters.